The highest BCUT2D eigenvalue weighted by atomic mass is 79.9. The predicted octanol–water partition coefficient (Wildman–Crippen LogP) is 5.40. The molecule has 0 radical (unpaired) electrons. The number of halogens is 1. The second-order valence-corrected chi connectivity index (χ2v) is 8.78. The van der Waals surface area contributed by atoms with Gasteiger partial charge in [0.2, 0.25) is 0 Å². The van der Waals surface area contributed by atoms with E-state index in [2.05, 4.69) is 59.5 Å². The third-order valence-corrected chi connectivity index (χ3v) is 4.90. The van der Waals surface area contributed by atoms with E-state index in [9.17, 15) is 4.79 Å². The van der Waals surface area contributed by atoms with Gasteiger partial charge < -0.3 is 20.3 Å². The van der Waals surface area contributed by atoms with Crippen LogP contribution in [-0.4, -0.2) is 33.3 Å². The molecule has 0 aromatic heterocycles. The summed E-state index contributed by atoms with van der Waals surface area (Å²) in [7, 11) is 3.93. The van der Waals surface area contributed by atoms with E-state index in [-0.39, 0.29) is 11.4 Å². The number of nitrogens with zero attached hydrogens (tertiary/aromatic N) is 1. The van der Waals surface area contributed by atoms with Crippen LogP contribution in [0.25, 0.3) is 0 Å². The van der Waals surface area contributed by atoms with E-state index >= 15 is 0 Å². The number of benzene rings is 2. The van der Waals surface area contributed by atoms with E-state index in [1.807, 2.05) is 49.3 Å². The number of ether oxygens (including phenoxy) is 1. The Kier molecular flexibility index (Phi) is 7.75. The van der Waals surface area contributed by atoms with Gasteiger partial charge in [0, 0.05) is 32.0 Å². The van der Waals surface area contributed by atoms with E-state index in [0.29, 0.717) is 13.2 Å². The quantitative estimate of drug-likeness (QED) is 0.558. The average molecular weight is 448 g/mol. The Morgan fingerprint density at radius 3 is 2.54 bits per heavy atom. The largest absolute Gasteiger partial charge is 0.492 e. The van der Waals surface area contributed by atoms with Gasteiger partial charge in [-0.15, -0.1) is 0 Å². The van der Waals surface area contributed by atoms with Gasteiger partial charge in [-0.3, -0.25) is 0 Å². The highest BCUT2D eigenvalue weighted by Gasteiger charge is 2.15. The molecule has 0 bridgehead atoms. The molecule has 0 aliphatic rings. The molecule has 0 saturated heterocycles. The maximum absolute atomic E-state index is 12.0. The smallest absolute Gasteiger partial charge is 0.319 e. The highest BCUT2D eigenvalue weighted by Crippen LogP contribution is 2.31. The molecular weight excluding hydrogens is 418 g/mol. The molecule has 0 heterocycles. The molecule has 0 saturated carbocycles. The Labute approximate surface area is 176 Å². The first-order chi connectivity index (χ1) is 13.2. The second kappa shape index (κ2) is 9.82. The Morgan fingerprint density at radius 2 is 1.89 bits per heavy atom. The summed E-state index contributed by atoms with van der Waals surface area (Å²) >= 11 is 3.58. The van der Waals surface area contributed by atoms with Crippen molar-refractivity contribution in [1.82, 2.24) is 5.32 Å². The zero-order chi connectivity index (χ0) is 20.7. The summed E-state index contributed by atoms with van der Waals surface area (Å²) in [4.78, 5) is 14.0. The molecule has 0 unspecified atom stereocenters. The van der Waals surface area contributed by atoms with Crippen LogP contribution in [-0.2, 0) is 5.41 Å². The van der Waals surface area contributed by atoms with Gasteiger partial charge in [0.1, 0.15) is 5.75 Å². The molecule has 2 rings (SSSR count). The molecule has 0 atom stereocenters. The number of hydrogen-bond donors (Lipinski definition) is 2. The van der Waals surface area contributed by atoms with Crippen molar-refractivity contribution in [1.29, 1.82) is 0 Å². The molecule has 0 spiro atoms. The lowest BCUT2D eigenvalue weighted by molar-refractivity contribution is 0.250. The average Bonchev–Trinajstić information content (AvgIpc) is 2.62. The van der Waals surface area contributed by atoms with Crippen molar-refractivity contribution in [2.75, 3.05) is 37.5 Å². The van der Waals surface area contributed by atoms with Gasteiger partial charge in [-0.05, 0) is 63.7 Å². The monoisotopic (exact) mass is 447 g/mol. The summed E-state index contributed by atoms with van der Waals surface area (Å²) in [6, 6.07) is 13.7. The number of rotatable bonds is 7. The van der Waals surface area contributed by atoms with Crippen molar-refractivity contribution in [3.8, 4) is 5.75 Å². The van der Waals surface area contributed by atoms with Crippen LogP contribution in [0.15, 0.2) is 46.9 Å². The third kappa shape index (κ3) is 6.75. The van der Waals surface area contributed by atoms with Crippen molar-refractivity contribution in [3.63, 3.8) is 0 Å². The molecule has 2 aromatic rings. The fourth-order valence-electron chi connectivity index (χ4n) is 2.58. The lowest BCUT2D eigenvalue weighted by atomic mass is 9.87. The molecular formula is C22H30BrN3O2. The minimum Gasteiger partial charge on any atom is -0.492 e. The number of carbonyl (C=O) groups excluding carboxylic acids is 1. The zero-order valence-corrected chi connectivity index (χ0v) is 18.9. The van der Waals surface area contributed by atoms with Crippen molar-refractivity contribution < 1.29 is 9.53 Å². The van der Waals surface area contributed by atoms with Crippen LogP contribution in [0.4, 0.5) is 16.2 Å². The SMILES string of the molecule is CN(C)c1cccc(NC(=O)NCCCOc2ccc(C(C)(C)C)cc2Br)c1. The minimum atomic E-state index is -0.216. The molecule has 0 aliphatic heterocycles. The molecule has 0 fully saturated rings. The van der Waals surface area contributed by atoms with Crippen molar-refractivity contribution >= 4 is 33.3 Å². The van der Waals surface area contributed by atoms with Crippen molar-refractivity contribution in [3.05, 3.63) is 52.5 Å². The van der Waals surface area contributed by atoms with Gasteiger partial charge in [-0.1, -0.05) is 32.9 Å². The van der Waals surface area contributed by atoms with E-state index in [4.69, 9.17) is 4.74 Å². The van der Waals surface area contributed by atoms with Crippen LogP contribution < -0.4 is 20.3 Å². The Hall–Kier alpha value is -2.21. The van der Waals surface area contributed by atoms with Crippen LogP contribution in [0.1, 0.15) is 32.8 Å². The van der Waals surface area contributed by atoms with Gasteiger partial charge in [-0.25, -0.2) is 4.79 Å². The molecule has 2 amide bonds. The number of urea groups is 1. The van der Waals surface area contributed by atoms with Crippen molar-refractivity contribution in [2.24, 2.45) is 0 Å². The van der Waals surface area contributed by atoms with Crippen LogP contribution in [0.5, 0.6) is 5.75 Å². The first kappa shape index (κ1) is 22.1. The topological polar surface area (TPSA) is 53.6 Å². The van der Waals surface area contributed by atoms with E-state index in [1.165, 1.54) is 5.56 Å². The summed E-state index contributed by atoms with van der Waals surface area (Å²) in [5.74, 6) is 0.818. The molecule has 2 aromatic carbocycles. The zero-order valence-electron chi connectivity index (χ0n) is 17.3. The number of amides is 2. The fourth-order valence-corrected chi connectivity index (χ4v) is 3.07. The lowest BCUT2D eigenvalue weighted by Gasteiger charge is -2.20. The normalized spacial score (nSPS) is 11.1. The molecule has 28 heavy (non-hydrogen) atoms. The fraction of sp³-hybridized carbons (Fsp3) is 0.409. The summed E-state index contributed by atoms with van der Waals surface area (Å²) in [5.41, 5.74) is 3.16. The Bertz CT molecular complexity index is 801. The van der Waals surface area contributed by atoms with Crippen LogP contribution in [0.3, 0.4) is 0 Å². The van der Waals surface area contributed by atoms with Crippen LogP contribution in [0.2, 0.25) is 0 Å². The van der Waals surface area contributed by atoms with E-state index < -0.39 is 0 Å². The first-order valence-corrected chi connectivity index (χ1v) is 10.2. The lowest BCUT2D eigenvalue weighted by Crippen LogP contribution is -2.30. The van der Waals surface area contributed by atoms with E-state index in [0.717, 1.165) is 28.0 Å². The van der Waals surface area contributed by atoms with Gasteiger partial charge in [-0.2, -0.15) is 0 Å². The highest BCUT2D eigenvalue weighted by molar-refractivity contribution is 9.10. The number of hydrogen-bond acceptors (Lipinski definition) is 3. The summed E-state index contributed by atoms with van der Waals surface area (Å²) in [5, 5.41) is 5.70. The van der Waals surface area contributed by atoms with Gasteiger partial charge in [0.25, 0.3) is 0 Å². The van der Waals surface area contributed by atoms with Crippen LogP contribution >= 0.6 is 15.9 Å². The van der Waals surface area contributed by atoms with E-state index in [1.54, 1.807) is 0 Å². The molecule has 2 N–H and O–H groups in total. The van der Waals surface area contributed by atoms with Gasteiger partial charge >= 0.3 is 6.03 Å². The standard InChI is InChI=1S/C22H30BrN3O2/c1-22(2,3)16-10-11-20(19(23)14-16)28-13-7-12-24-21(27)25-17-8-6-9-18(15-17)26(4)5/h6,8-11,14-15H,7,12-13H2,1-5H3,(H2,24,25,27). The Balaban J connectivity index is 1.73. The summed E-state index contributed by atoms with van der Waals surface area (Å²) in [6.45, 7) is 7.62. The number of carbonyl (C=O) groups is 1. The Morgan fingerprint density at radius 1 is 1.14 bits per heavy atom. The number of anilines is 2. The first-order valence-electron chi connectivity index (χ1n) is 9.42. The van der Waals surface area contributed by atoms with Gasteiger partial charge in [0.05, 0.1) is 11.1 Å². The van der Waals surface area contributed by atoms with Crippen molar-refractivity contribution in [2.45, 2.75) is 32.6 Å². The molecule has 152 valence electrons. The van der Waals surface area contributed by atoms with Crippen LogP contribution in [0, 0.1) is 0 Å². The maximum atomic E-state index is 12.0. The minimum absolute atomic E-state index is 0.102. The maximum Gasteiger partial charge on any atom is 0.319 e. The van der Waals surface area contributed by atoms with Gasteiger partial charge in [0.15, 0.2) is 0 Å². The molecule has 5 nitrogen and oxygen atoms in total. The molecule has 0 aliphatic carbocycles. The number of nitrogens with one attached hydrogen (secondary N) is 2. The predicted molar refractivity (Wildman–Crippen MR) is 121 cm³/mol. The summed E-state index contributed by atoms with van der Waals surface area (Å²) < 4.78 is 6.77. The molecule has 6 heteroatoms. The third-order valence-electron chi connectivity index (χ3n) is 4.28. The second-order valence-electron chi connectivity index (χ2n) is 7.92. The summed E-state index contributed by atoms with van der Waals surface area (Å²) in [6.07, 6.45) is 0.721.